The zero-order valence-electron chi connectivity index (χ0n) is 14.4. The summed E-state index contributed by atoms with van der Waals surface area (Å²) in [6.45, 7) is -1.23. The van der Waals surface area contributed by atoms with E-state index in [2.05, 4.69) is 10.0 Å². The molecule has 0 radical (unpaired) electrons. The maximum atomic E-state index is 11.8. The van der Waals surface area contributed by atoms with Gasteiger partial charge in [-0.2, -0.15) is 0 Å². The molecule has 0 atom stereocenters. The van der Waals surface area contributed by atoms with Crippen molar-refractivity contribution in [3.8, 4) is 0 Å². The van der Waals surface area contributed by atoms with Crippen LogP contribution in [0.25, 0.3) is 6.08 Å². The fraction of sp³-hybridized carbons (Fsp3) is 0.111. The number of sulfonamides is 1. The third-order valence-corrected chi connectivity index (χ3v) is 5.11. The molecule has 0 saturated heterocycles. The number of benzene rings is 2. The van der Waals surface area contributed by atoms with Crippen LogP contribution in [-0.2, 0) is 24.3 Å². The summed E-state index contributed by atoms with van der Waals surface area (Å²) in [7, 11) is -3.84. The number of halogens is 2. The van der Waals surface area contributed by atoms with Crippen molar-refractivity contribution in [3.63, 3.8) is 0 Å². The Labute approximate surface area is 172 Å². The molecule has 148 valence electrons. The summed E-state index contributed by atoms with van der Waals surface area (Å²) in [6, 6.07) is 13.5. The molecule has 2 N–H and O–H groups in total. The number of amides is 1. The van der Waals surface area contributed by atoms with Gasteiger partial charge in [0.25, 0.3) is 5.91 Å². The molecule has 7 nitrogen and oxygen atoms in total. The van der Waals surface area contributed by atoms with E-state index in [-0.39, 0.29) is 15.7 Å². The molecule has 0 aliphatic heterocycles. The van der Waals surface area contributed by atoms with Crippen molar-refractivity contribution in [1.82, 2.24) is 4.72 Å². The van der Waals surface area contributed by atoms with Gasteiger partial charge in [-0.25, -0.2) is 13.1 Å². The second kappa shape index (κ2) is 10.2. The predicted octanol–water partition coefficient (Wildman–Crippen LogP) is 3.07. The van der Waals surface area contributed by atoms with E-state index in [1.54, 1.807) is 42.5 Å². The fourth-order valence-corrected chi connectivity index (χ4v) is 3.02. The van der Waals surface area contributed by atoms with Crippen LogP contribution in [0.5, 0.6) is 0 Å². The highest BCUT2D eigenvalue weighted by Crippen LogP contribution is 2.29. The molecule has 0 unspecified atom stereocenters. The molecule has 0 bridgehead atoms. The van der Waals surface area contributed by atoms with Crippen LogP contribution in [-0.4, -0.2) is 33.4 Å². The van der Waals surface area contributed by atoms with Gasteiger partial charge < -0.3 is 10.1 Å². The Kier molecular flexibility index (Phi) is 8.01. The molecule has 0 aliphatic carbocycles. The van der Waals surface area contributed by atoms with Crippen LogP contribution in [0, 0.1) is 0 Å². The highest BCUT2D eigenvalue weighted by atomic mass is 35.5. The van der Waals surface area contributed by atoms with Crippen molar-refractivity contribution in [3.05, 3.63) is 69.5 Å². The van der Waals surface area contributed by atoms with Gasteiger partial charge in [-0.1, -0.05) is 59.6 Å². The summed E-state index contributed by atoms with van der Waals surface area (Å²) in [5.41, 5.74) is 0.953. The van der Waals surface area contributed by atoms with Crippen LogP contribution < -0.4 is 10.0 Å². The number of ether oxygens (including phenoxy) is 1. The minimum atomic E-state index is -3.84. The quantitative estimate of drug-likeness (QED) is 0.611. The van der Waals surface area contributed by atoms with Crippen molar-refractivity contribution < 1.29 is 22.7 Å². The van der Waals surface area contributed by atoms with Crippen LogP contribution in [0.15, 0.2) is 53.9 Å². The molecular weight excluding hydrogens is 427 g/mol. The monoisotopic (exact) mass is 442 g/mol. The summed E-state index contributed by atoms with van der Waals surface area (Å²) in [6.07, 6.45) is 1.38. The molecule has 10 heteroatoms. The van der Waals surface area contributed by atoms with Crippen LogP contribution in [0.1, 0.15) is 5.56 Å². The first-order valence-corrected chi connectivity index (χ1v) is 10.2. The molecule has 0 fully saturated rings. The van der Waals surface area contributed by atoms with E-state index in [1.165, 1.54) is 12.1 Å². The maximum Gasteiger partial charge on any atom is 0.321 e. The lowest BCUT2D eigenvalue weighted by molar-refractivity contribution is -0.146. The molecule has 2 rings (SSSR count). The number of esters is 1. The molecular formula is C18H16Cl2N2O5S. The molecule has 28 heavy (non-hydrogen) atoms. The normalized spacial score (nSPS) is 11.4. The Morgan fingerprint density at radius 2 is 1.75 bits per heavy atom. The number of anilines is 1. The van der Waals surface area contributed by atoms with Gasteiger partial charge in [-0.15, -0.1) is 0 Å². The van der Waals surface area contributed by atoms with E-state index in [9.17, 15) is 18.0 Å². The summed E-state index contributed by atoms with van der Waals surface area (Å²) in [5, 5.41) is 3.78. The first kappa shape index (κ1) is 21.9. The van der Waals surface area contributed by atoms with Crippen molar-refractivity contribution >= 4 is 56.9 Å². The third-order valence-electron chi connectivity index (χ3n) is 3.25. The van der Waals surface area contributed by atoms with Gasteiger partial charge in [0, 0.05) is 5.41 Å². The molecule has 0 heterocycles. The Bertz CT molecular complexity index is 979. The van der Waals surface area contributed by atoms with E-state index in [0.717, 1.165) is 5.41 Å². The molecule has 0 aliphatic rings. The van der Waals surface area contributed by atoms with Gasteiger partial charge >= 0.3 is 5.97 Å². The molecule has 1 amide bonds. The van der Waals surface area contributed by atoms with E-state index < -0.39 is 35.1 Å². The standard InChI is InChI=1S/C18H16Cl2N2O5S/c19-14-7-4-8-15(18(14)20)22-16(23)12-27-17(24)11-21-28(25,26)10-9-13-5-2-1-3-6-13/h1-10,21H,11-12H2,(H,22,23)/b10-9+. The topological polar surface area (TPSA) is 102 Å². The van der Waals surface area contributed by atoms with E-state index in [1.807, 2.05) is 0 Å². The number of carbonyl (C=O) groups is 2. The molecule has 2 aromatic rings. The number of nitrogens with one attached hydrogen (secondary N) is 2. The number of rotatable bonds is 8. The van der Waals surface area contributed by atoms with Crippen molar-refractivity contribution in [2.45, 2.75) is 0 Å². The van der Waals surface area contributed by atoms with Gasteiger partial charge in [0.1, 0.15) is 6.54 Å². The average molecular weight is 443 g/mol. The Hall–Kier alpha value is -2.39. The minimum absolute atomic E-state index is 0.154. The zero-order valence-corrected chi connectivity index (χ0v) is 16.7. The van der Waals surface area contributed by atoms with E-state index in [0.29, 0.717) is 5.56 Å². The van der Waals surface area contributed by atoms with Gasteiger partial charge in [0.15, 0.2) is 6.61 Å². The Balaban J connectivity index is 1.78. The number of carbonyl (C=O) groups excluding carboxylic acids is 2. The molecule has 0 aromatic heterocycles. The molecule has 2 aromatic carbocycles. The smallest absolute Gasteiger partial charge is 0.321 e. The highest BCUT2D eigenvalue weighted by molar-refractivity contribution is 7.92. The van der Waals surface area contributed by atoms with Crippen molar-refractivity contribution in [2.24, 2.45) is 0 Å². The van der Waals surface area contributed by atoms with Gasteiger partial charge in [-0.3, -0.25) is 9.59 Å². The lowest BCUT2D eigenvalue weighted by Gasteiger charge is -2.09. The largest absolute Gasteiger partial charge is 0.455 e. The summed E-state index contributed by atoms with van der Waals surface area (Å²) >= 11 is 11.8. The SMILES string of the molecule is O=C(COC(=O)CNS(=O)(=O)/C=C/c1ccccc1)Nc1cccc(Cl)c1Cl. The van der Waals surface area contributed by atoms with Gasteiger partial charge in [0.2, 0.25) is 10.0 Å². The fourth-order valence-electron chi connectivity index (χ4n) is 1.92. The van der Waals surface area contributed by atoms with Crippen LogP contribution >= 0.6 is 23.2 Å². The highest BCUT2D eigenvalue weighted by Gasteiger charge is 2.13. The number of hydrogen-bond acceptors (Lipinski definition) is 5. The second-order valence-electron chi connectivity index (χ2n) is 5.39. The predicted molar refractivity (Wildman–Crippen MR) is 108 cm³/mol. The maximum absolute atomic E-state index is 11.8. The van der Waals surface area contributed by atoms with Crippen molar-refractivity contribution in [2.75, 3.05) is 18.5 Å². The van der Waals surface area contributed by atoms with Gasteiger partial charge in [-0.05, 0) is 23.8 Å². The number of hydrogen-bond donors (Lipinski definition) is 2. The van der Waals surface area contributed by atoms with Crippen LogP contribution in [0.2, 0.25) is 10.0 Å². The minimum Gasteiger partial charge on any atom is -0.455 e. The third kappa shape index (κ3) is 7.32. The van der Waals surface area contributed by atoms with Crippen LogP contribution in [0.4, 0.5) is 5.69 Å². The summed E-state index contributed by atoms with van der Waals surface area (Å²) in [5.74, 6) is -1.56. The summed E-state index contributed by atoms with van der Waals surface area (Å²) < 4.78 is 30.5. The van der Waals surface area contributed by atoms with E-state index >= 15 is 0 Å². The molecule has 0 saturated carbocycles. The van der Waals surface area contributed by atoms with E-state index in [4.69, 9.17) is 27.9 Å². The van der Waals surface area contributed by atoms with Gasteiger partial charge in [0.05, 0.1) is 15.7 Å². The Morgan fingerprint density at radius 3 is 2.46 bits per heavy atom. The summed E-state index contributed by atoms with van der Waals surface area (Å²) in [4.78, 5) is 23.4. The lowest BCUT2D eigenvalue weighted by atomic mass is 10.2. The van der Waals surface area contributed by atoms with Crippen molar-refractivity contribution in [1.29, 1.82) is 0 Å². The lowest BCUT2D eigenvalue weighted by Crippen LogP contribution is -2.31. The second-order valence-corrected chi connectivity index (χ2v) is 7.83. The first-order chi connectivity index (χ1) is 13.3. The zero-order chi connectivity index (χ0) is 20.6. The molecule has 0 spiro atoms. The Morgan fingerprint density at radius 1 is 1.04 bits per heavy atom. The average Bonchev–Trinajstić information content (AvgIpc) is 2.68. The van der Waals surface area contributed by atoms with Crippen LogP contribution in [0.3, 0.4) is 0 Å². The first-order valence-electron chi connectivity index (χ1n) is 7.89.